The second kappa shape index (κ2) is 6.85. The molecule has 1 atom stereocenters. The van der Waals surface area contributed by atoms with Gasteiger partial charge < -0.3 is 14.7 Å². The summed E-state index contributed by atoms with van der Waals surface area (Å²) in [5.41, 5.74) is -0.0502. The Bertz CT molecular complexity index is 807. The number of carbonyl (C=O) groups is 2. The summed E-state index contributed by atoms with van der Waals surface area (Å²) in [5.74, 6) is -1.24. The fourth-order valence-electron chi connectivity index (χ4n) is 3.04. The number of carboxylic acid groups (broad SMARTS) is 1. The van der Waals surface area contributed by atoms with Crippen molar-refractivity contribution in [2.24, 2.45) is 5.41 Å². The third kappa shape index (κ3) is 3.38. The number of aromatic nitrogens is 2. The van der Waals surface area contributed by atoms with E-state index in [4.69, 9.17) is 16.3 Å². The van der Waals surface area contributed by atoms with E-state index in [1.54, 1.807) is 35.1 Å². The second-order valence-electron chi connectivity index (χ2n) is 6.12. The van der Waals surface area contributed by atoms with Crippen molar-refractivity contribution in [1.29, 1.82) is 0 Å². The first-order chi connectivity index (χ1) is 11.9. The Hall–Kier alpha value is -2.38. The van der Waals surface area contributed by atoms with Gasteiger partial charge in [-0.15, -0.1) is 0 Å². The number of hydrogen-bond acceptors (Lipinski definition) is 4. The van der Waals surface area contributed by atoms with E-state index in [1.807, 2.05) is 6.07 Å². The van der Waals surface area contributed by atoms with Crippen LogP contribution in [-0.4, -0.2) is 58.5 Å². The van der Waals surface area contributed by atoms with Crippen molar-refractivity contribution in [3.05, 3.63) is 47.2 Å². The van der Waals surface area contributed by atoms with Gasteiger partial charge in [0.2, 0.25) is 0 Å². The number of amides is 1. The first kappa shape index (κ1) is 17.4. The van der Waals surface area contributed by atoms with E-state index in [-0.39, 0.29) is 24.8 Å². The maximum atomic E-state index is 12.7. The summed E-state index contributed by atoms with van der Waals surface area (Å²) in [6.45, 7) is 0.542. The lowest BCUT2D eigenvalue weighted by Gasteiger charge is -2.23. The van der Waals surface area contributed by atoms with Gasteiger partial charge in [-0.2, -0.15) is 5.10 Å². The van der Waals surface area contributed by atoms with Crippen molar-refractivity contribution >= 4 is 23.5 Å². The molecule has 2 heterocycles. The number of carboxylic acids is 1. The highest BCUT2D eigenvalue weighted by molar-refractivity contribution is 6.30. The number of methoxy groups -OCH3 is 1. The molecule has 1 unspecified atom stereocenters. The molecule has 0 bridgehead atoms. The summed E-state index contributed by atoms with van der Waals surface area (Å²) in [4.78, 5) is 25.8. The molecule has 1 amide bonds. The summed E-state index contributed by atoms with van der Waals surface area (Å²) in [6, 6.07) is 8.74. The highest BCUT2D eigenvalue weighted by Crippen LogP contribution is 2.32. The Morgan fingerprint density at radius 2 is 2.20 bits per heavy atom. The Labute approximate surface area is 149 Å². The number of likely N-dealkylation sites (tertiary alicyclic amines) is 1. The first-order valence-corrected chi connectivity index (χ1v) is 8.16. The van der Waals surface area contributed by atoms with Crippen molar-refractivity contribution < 1.29 is 19.4 Å². The van der Waals surface area contributed by atoms with Crippen LogP contribution in [0.4, 0.5) is 0 Å². The van der Waals surface area contributed by atoms with Gasteiger partial charge in [-0.25, -0.2) is 4.68 Å². The molecule has 3 rings (SSSR count). The third-order valence-electron chi connectivity index (χ3n) is 4.40. The van der Waals surface area contributed by atoms with Gasteiger partial charge >= 0.3 is 5.97 Å². The van der Waals surface area contributed by atoms with Gasteiger partial charge in [0.25, 0.3) is 5.91 Å². The predicted molar refractivity (Wildman–Crippen MR) is 91.0 cm³/mol. The van der Waals surface area contributed by atoms with E-state index in [1.165, 1.54) is 12.0 Å². The fourth-order valence-corrected chi connectivity index (χ4v) is 3.22. The minimum absolute atomic E-state index is 0.0725. The molecule has 0 spiro atoms. The number of hydrogen-bond donors (Lipinski definition) is 1. The number of aliphatic carboxylic acids is 1. The van der Waals surface area contributed by atoms with Gasteiger partial charge in [0.1, 0.15) is 5.41 Å². The van der Waals surface area contributed by atoms with Crippen molar-refractivity contribution in [2.75, 3.05) is 26.8 Å². The lowest BCUT2D eigenvalue weighted by molar-refractivity contribution is -0.151. The minimum atomic E-state index is -1.06. The van der Waals surface area contributed by atoms with Crippen LogP contribution in [0.2, 0.25) is 5.02 Å². The molecule has 1 aromatic heterocycles. The summed E-state index contributed by atoms with van der Waals surface area (Å²) in [5, 5.41) is 14.4. The predicted octanol–water partition coefficient (Wildman–Crippen LogP) is 2.09. The number of ether oxygens (including phenoxy) is 1. The Morgan fingerprint density at radius 3 is 2.88 bits per heavy atom. The molecule has 1 N–H and O–H groups in total. The van der Waals surface area contributed by atoms with Crippen molar-refractivity contribution in [2.45, 2.75) is 6.42 Å². The maximum absolute atomic E-state index is 12.7. The lowest BCUT2D eigenvalue weighted by atomic mass is 9.88. The van der Waals surface area contributed by atoms with Crippen molar-refractivity contribution in [3.63, 3.8) is 0 Å². The quantitative estimate of drug-likeness (QED) is 0.879. The van der Waals surface area contributed by atoms with Crippen LogP contribution < -0.4 is 0 Å². The maximum Gasteiger partial charge on any atom is 0.313 e. The monoisotopic (exact) mass is 363 g/mol. The van der Waals surface area contributed by atoms with Gasteiger partial charge in [-0.05, 0) is 30.7 Å². The lowest BCUT2D eigenvalue weighted by Crippen LogP contribution is -2.40. The number of benzene rings is 1. The van der Waals surface area contributed by atoms with E-state index in [2.05, 4.69) is 5.10 Å². The normalized spacial score (nSPS) is 20.0. The fraction of sp³-hybridized carbons (Fsp3) is 0.353. The number of rotatable bonds is 5. The van der Waals surface area contributed by atoms with Gasteiger partial charge in [-0.1, -0.05) is 17.7 Å². The van der Waals surface area contributed by atoms with Crippen LogP contribution in [-0.2, 0) is 9.53 Å². The average molecular weight is 364 g/mol. The molecule has 8 heteroatoms. The Morgan fingerprint density at radius 1 is 1.40 bits per heavy atom. The standard InChI is InChI=1S/C17H18ClN3O4/c1-25-11-17(16(23)24)6-8-20(10-17)15(22)14-5-7-21(19-14)13-4-2-3-12(18)9-13/h2-5,7,9H,6,8,10-11H2,1H3,(H,23,24). The molecular weight excluding hydrogens is 346 g/mol. The van der Waals surface area contributed by atoms with Crippen LogP contribution >= 0.6 is 11.6 Å². The van der Waals surface area contributed by atoms with Gasteiger partial charge in [-0.3, -0.25) is 9.59 Å². The zero-order valence-corrected chi connectivity index (χ0v) is 14.4. The summed E-state index contributed by atoms with van der Waals surface area (Å²) in [6.07, 6.45) is 2.03. The molecule has 0 aliphatic carbocycles. The molecule has 1 aromatic carbocycles. The molecule has 0 saturated carbocycles. The zero-order valence-electron chi connectivity index (χ0n) is 13.7. The topological polar surface area (TPSA) is 84.7 Å². The van der Waals surface area contributed by atoms with E-state index < -0.39 is 11.4 Å². The highest BCUT2D eigenvalue weighted by atomic mass is 35.5. The molecule has 0 radical (unpaired) electrons. The summed E-state index contributed by atoms with van der Waals surface area (Å²) in [7, 11) is 1.46. The van der Waals surface area contributed by atoms with E-state index in [0.717, 1.165) is 5.69 Å². The molecule has 1 fully saturated rings. The SMILES string of the molecule is COCC1(C(=O)O)CCN(C(=O)c2ccn(-c3cccc(Cl)c3)n2)C1. The Balaban J connectivity index is 1.77. The van der Waals surface area contributed by atoms with E-state index in [9.17, 15) is 14.7 Å². The molecule has 25 heavy (non-hydrogen) atoms. The number of halogens is 1. The molecule has 132 valence electrons. The van der Waals surface area contributed by atoms with Gasteiger partial charge in [0, 0.05) is 31.4 Å². The summed E-state index contributed by atoms with van der Waals surface area (Å²) >= 11 is 5.97. The average Bonchev–Trinajstić information content (AvgIpc) is 3.23. The van der Waals surface area contributed by atoms with Gasteiger partial charge in [0.15, 0.2) is 5.69 Å². The molecule has 7 nitrogen and oxygen atoms in total. The van der Waals surface area contributed by atoms with Crippen molar-refractivity contribution in [1.82, 2.24) is 14.7 Å². The van der Waals surface area contributed by atoms with Crippen LogP contribution in [0.5, 0.6) is 0 Å². The number of carbonyl (C=O) groups excluding carboxylic acids is 1. The highest BCUT2D eigenvalue weighted by Gasteiger charge is 2.46. The number of nitrogens with zero attached hydrogens (tertiary/aromatic N) is 3. The largest absolute Gasteiger partial charge is 0.481 e. The van der Waals surface area contributed by atoms with Gasteiger partial charge in [0.05, 0.1) is 12.3 Å². The van der Waals surface area contributed by atoms with Crippen molar-refractivity contribution in [3.8, 4) is 5.69 Å². The van der Waals surface area contributed by atoms with Crippen LogP contribution in [0.3, 0.4) is 0 Å². The third-order valence-corrected chi connectivity index (χ3v) is 4.63. The molecule has 1 aliphatic heterocycles. The van der Waals surface area contributed by atoms with E-state index >= 15 is 0 Å². The molecule has 1 aliphatic rings. The second-order valence-corrected chi connectivity index (χ2v) is 6.56. The van der Waals surface area contributed by atoms with E-state index in [0.29, 0.717) is 18.0 Å². The smallest absolute Gasteiger partial charge is 0.313 e. The molecule has 1 saturated heterocycles. The Kier molecular flexibility index (Phi) is 4.78. The summed E-state index contributed by atoms with van der Waals surface area (Å²) < 4.78 is 6.61. The molecular formula is C17H18ClN3O4. The first-order valence-electron chi connectivity index (χ1n) is 7.78. The molecule has 2 aromatic rings. The van der Waals surface area contributed by atoms with Crippen LogP contribution in [0.1, 0.15) is 16.9 Å². The van der Waals surface area contributed by atoms with Crippen LogP contribution in [0.25, 0.3) is 5.69 Å². The minimum Gasteiger partial charge on any atom is -0.481 e. The zero-order chi connectivity index (χ0) is 18.0. The van der Waals surface area contributed by atoms with Crippen LogP contribution in [0, 0.1) is 5.41 Å². The van der Waals surface area contributed by atoms with Crippen LogP contribution in [0.15, 0.2) is 36.5 Å².